The molecule has 0 saturated heterocycles. The van der Waals surface area contributed by atoms with Gasteiger partial charge in [0.15, 0.2) is 0 Å². The minimum absolute atomic E-state index is 0.197. The third-order valence-electron chi connectivity index (χ3n) is 3.48. The van der Waals surface area contributed by atoms with Crippen LogP contribution in [0.1, 0.15) is 24.8 Å². The van der Waals surface area contributed by atoms with E-state index in [1.807, 2.05) is 6.07 Å². The van der Waals surface area contributed by atoms with Crippen LogP contribution >= 0.6 is 0 Å². The smallest absolute Gasteiger partial charge is 0.322 e. The summed E-state index contributed by atoms with van der Waals surface area (Å²) in [5.41, 5.74) is 2.64. The summed E-state index contributed by atoms with van der Waals surface area (Å²) < 4.78 is 0. The van der Waals surface area contributed by atoms with Crippen LogP contribution in [0.2, 0.25) is 0 Å². The molecular formula is C15H20N2O3. The maximum Gasteiger partial charge on any atom is 0.322 e. The van der Waals surface area contributed by atoms with Gasteiger partial charge in [0.2, 0.25) is 5.91 Å². The number of para-hydroxylation sites is 1. The monoisotopic (exact) mass is 276 g/mol. The molecular weight excluding hydrogens is 256 g/mol. The molecule has 5 nitrogen and oxygen atoms in total. The van der Waals surface area contributed by atoms with Gasteiger partial charge in [-0.2, -0.15) is 0 Å². The predicted molar refractivity (Wildman–Crippen MR) is 76.9 cm³/mol. The lowest BCUT2D eigenvalue weighted by Gasteiger charge is -2.31. The Morgan fingerprint density at radius 3 is 2.90 bits per heavy atom. The number of anilines is 1. The molecule has 108 valence electrons. The first-order chi connectivity index (χ1) is 9.66. The standard InChI is InChI=1S/C15H20N2O3/c18-14(16-11-15(19)20)8-4-10-17-9-3-6-12-5-1-2-7-13(12)17/h1-2,5,7H,3-4,6,8-11H2,(H,16,18)(H,19,20). The molecule has 1 aromatic rings. The molecule has 1 amide bonds. The average Bonchev–Trinajstić information content (AvgIpc) is 2.45. The van der Waals surface area contributed by atoms with Gasteiger partial charge in [-0.3, -0.25) is 9.59 Å². The van der Waals surface area contributed by atoms with Crippen molar-refractivity contribution in [2.75, 3.05) is 24.5 Å². The Kier molecular flexibility index (Phi) is 4.98. The van der Waals surface area contributed by atoms with Gasteiger partial charge in [0, 0.05) is 25.2 Å². The summed E-state index contributed by atoms with van der Waals surface area (Å²) in [5, 5.41) is 10.9. The van der Waals surface area contributed by atoms with Crippen molar-refractivity contribution in [1.82, 2.24) is 5.32 Å². The van der Waals surface area contributed by atoms with Crippen LogP contribution in [0, 0.1) is 0 Å². The van der Waals surface area contributed by atoms with Gasteiger partial charge in [-0.15, -0.1) is 0 Å². The zero-order valence-electron chi connectivity index (χ0n) is 11.5. The lowest BCUT2D eigenvalue weighted by atomic mass is 10.0. The maximum absolute atomic E-state index is 11.4. The van der Waals surface area contributed by atoms with Gasteiger partial charge in [-0.25, -0.2) is 0 Å². The molecule has 0 aliphatic carbocycles. The molecule has 1 aliphatic heterocycles. The summed E-state index contributed by atoms with van der Waals surface area (Å²) in [6.07, 6.45) is 3.36. The highest BCUT2D eigenvalue weighted by molar-refractivity contribution is 5.81. The Labute approximate surface area is 118 Å². The molecule has 0 spiro atoms. The summed E-state index contributed by atoms with van der Waals surface area (Å²) in [7, 11) is 0. The van der Waals surface area contributed by atoms with Crippen LogP contribution < -0.4 is 10.2 Å². The normalized spacial score (nSPS) is 13.7. The van der Waals surface area contributed by atoms with E-state index in [1.165, 1.54) is 11.3 Å². The highest BCUT2D eigenvalue weighted by Crippen LogP contribution is 2.26. The van der Waals surface area contributed by atoms with E-state index < -0.39 is 5.97 Å². The van der Waals surface area contributed by atoms with Gasteiger partial charge in [0.05, 0.1) is 0 Å². The summed E-state index contributed by atoms with van der Waals surface area (Å²) in [5.74, 6) is -1.21. The summed E-state index contributed by atoms with van der Waals surface area (Å²) in [4.78, 5) is 24.1. The van der Waals surface area contributed by atoms with Crippen molar-refractivity contribution in [2.24, 2.45) is 0 Å². The molecule has 2 N–H and O–H groups in total. The molecule has 20 heavy (non-hydrogen) atoms. The fourth-order valence-corrected chi connectivity index (χ4v) is 2.54. The van der Waals surface area contributed by atoms with Crippen LogP contribution in [0.5, 0.6) is 0 Å². The Morgan fingerprint density at radius 2 is 2.10 bits per heavy atom. The summed E-state index contributed by atoms with van der Waals surface area (Å²) >= 11 is 0. The third-order valence-corrected chi connectivity index (χ3v) is 3.48. The molecule has 0 radical (unpaired) electrons. The minimum atomic E-state index is -1.01. The topological polar surface area (TPSA) is 69.6 Å². The SMILES string of the molecule is O=C(O)CNC(=O)CCCN1CCCc2ccccc21. The van der Waals surface area contributed by atoms with E-state index in [2.05, 4.69) is 28.4 Å². The van der Waals surface area contributed by atoms with Crippen LogP contribution in [0.15, 0.2) is 24.3 Å². The number of carbonyl (C=O) groups excluding carboxylic acids is 1. The van der Waals surface area contributed by atoms with Gasteiger partial charge in [-0.1, -0.05) is 18.2 Å². The summed E-state index contributed by atoms with van der Waals surface area (Å²) in [6.45, 7) is 1.55. The maximum atomic E-state index is 11.4. The van der Waals surface area contributed by atoms with Crippen LogP contribution in [0.4, 0.5) is 5.69 Å². The van der Waals surface area contributed by atoms with Gasteiger partial charge in [-0.05, 0) is 30.9 Å². The zero-order valence-corrected chi connectivity index (χ0v) is 11.5. The van der Waals surface area contributed by atoms with Gasteiger partial charge in [0.1, 0.15) is 6.54 Å². The lowest BCUT2D eigenvalue weighted by molar-refractivity contribution is -0.137. The van der Waals surface area contributed by atoms with E-state index >= 15 is 0 Å². The Bertz CT molecular complexity index is 488. The number of carboxylic acid groups (broad SMARTS) is 1. The molecule has 1 aliphatic rings. The second-order valence-electron chi connectivity index (χ2n) is 4.99. The molecule has 1 aromatic carbocycles. The average molecular weight is 276 g/mol. The van der Waals surface area contributed by atoms with Gasteiger partial charge in [0.25, 0.3) is 0 Å². The molecule has 0 saturated carbocycles. The molecule has 0 unspecified atom stereocenters. The highest BCUT2D eigenvalue weighted by atomic mass is 16.4. The molecule has 0 atom stereocenters. The fourth-order valence-electron chi connectivity index (χ4n) is 2.54. The number of nitrogens with zero attached hydrogens (tertiary/aromatic N) is 1. The van der Waals surface area contributed by atoms with Crippen molar-refractivity contribution in [1.29, 1.82) is 0 Å². The van der Waals surface area contributed by atoms with Crippen molar-refractivity contribution in [3.05, 3.63) is 29.8 Å². The zero-order chi connectivity index (χ0) is 14.4. The molecule has 0 aromatic heterocycles. The molecule has 1 heterocycles. The van der Waals surface area contributed by atoms with E-state index in [-0.39, 0.29) is 12.5 Å². The van der Waals surface area contributed by atoms with E-state index in [0.29, 0.717) is 6.42 Å². The number of benzene rings is 1. The van der Waals surface area contributed by atoms with E-state index in [1.54, 1.807) is 0 Å². The quantitative estimate of drug-likeness (QED) is 0.824. The van der Waals surface area contributed by atoms with Crippen molar-refractivity contribution < 1.29 is 14.7 Å². The van der Waals surface area contributed by atoms with E-state index in [9.17, 15) is 9.59 Å². The number of amides is 1. The number of aliphatic carboxylic acids is 1. The Hall–Kier alpha value is -2.04. The van der Waals surface area contributed by atoms with Gasteiger partial charge < -0.3 is 15.3 Å². The molecule has 0 fully saturated rings. The van der Waals surface area contributed by atoms with Crippen LogP contribution in [-0.2, 0) is 16.0 Å². The second kappa shape index (κ2) is 6.93. The number of hydrogen-bond donors (Lipinski definition) is 2. The fraction of sp³-hybridized carbons (Fsp3) is 0.467. The first-order valence-corrected chi connectivity index (χ1v) is 6.98. The minimum Gasteiger partial charge on any atom is -0.480 e. The van der Waals surface area contributed by atoms with Crippen LogP contribution in [-0.4, -0.2) is 36.6 Å². The van der Waals surface area contributed by atoms with Crippen molar-refractivity contribution in [3.63, 3.8) is 0 Å². The van der Waals surface area contributed by atoms with Crippen molar-refractivity contribution in [2.45, 2.75) is 25.7 Å². The first-order valence-electron chi connectivity index (χ1n) is 6.98. The number of nitrogens with one attached hydrogen (secondary N) is 1. The Balaban J connectivity index is 1.78. The van der Waals surface area contributed by atoms with Gasteiger partial charge >= 0.3 is 5.97 Å². The Morgan fingerprint density at radius 1 is 1.30 bits per heavy atom. The highest BCUT2D eigenvalue weighted by Gasteiger charge is 2.15. The molecule has 2 rings (SSSR count). The first kappa shape index (κ1) is 14.4. The molecule has 0 bridgehead atoms. The second-order valence-corrected chi connectivity index (χ2v) is 4.99. The third kappa shape index (κ3) is 3.98. The largest absolute Gasteiger partial charge is 0.480 e. The predicted octanol–water partition coefficient (Wildman–Crippen LogP) is 1.42. The molecule has 5 heteroatoms. The number of carboxylic acids is 1. The number of aryl methyl sites for hydroxylation is 1. The van der Waals surface area contributed by atoms with Crippen LogP contribution in [0.3, 0.4) is 0 Å². The lowest BCUT2D eigenvalue weighted by Crippen LogP contribution is -2.32. The van der Waals surface area contributed by atoms with E-state index in [0.717, 1.165) is 32.4 Å². The number of fused-ring (bicyclic) bond motifs is 1. The number of rotatable bonds is 6. The van der Waals surface area contributed by atoms with E-state index in [4.69, 9.17) is 5.11 Å². The van der Waals surface area contributed by atoms with Crippen LogP contribution in [0.25, 0.3) is 0 Å². The number of carbonyl (C=O) groups is 2. The number of hydrogen-bond acceptors (Lipinski definition) is 3. The summed E-state index contributed by atoms with van der Waals surface area (Å²) in [6, 6.07) is 8.37. The van der Waals surface area contributed by atoms with Crippen molar-refractivity contribution in [3.8, 4) is 0 Å². The van der Waals surface area contributed by atoms with Crippen molar-refractivity contribution >= 4 is 17.6 Å².